The van der Waals surface area contributed by atoms with Crippen molar-refractivity contribution in [3.63, 3.8) is 0 Å². The third-order valence-corrected chi connectivity index (χ3v) is 5.90. The van der Waals surface area contributed by atoms with Crippen LogP contribution in [-0.2, 0) is 5.41 Å². The lowest BCUT2D eigenvalue weighted by Gasteiger charge is -2.29. The van der Waals surface area contributed by atoms with Gasteiger partial charge in [0, 0.05) is 16.3 Å². The second-order valence-corrected chi connectivity index (χ2v) is 8.21. The van der Waals surface area contributed by atoms with Crippen molar-refractivity contribution in [2.45, 2.75) is 38.1 Å². The lowest BCUT2D eigenvalue weighted by molar-refractivity contribution is 0.439. The van der Waals surface area contributed by atoms with E-state index in [1.165, 1.54) is 32.6 Å². The van der Waals surface area contributed by atoms with Crippen molar-refractivity contribution in [1.29, 1.82) is 0 Å². The van der Waals surface area contributed by atoms with Gasteiger partial charge in [0.15, 0.2) is 0 Å². The highest BCUT2D eigenvalue weighted by molar-refractivity contribution is 9.11. The van der Waals surface area contributed by atoms with E-state index in [1.54, 1.807) is 0 Å². The zero-order valence-electron chi connectivity index (χ0n) is 11.9. The lowest BCUT2D eigenvalue weighted by Crippen LogP contribution is -2.32. The van der Waals surface area contributed by atoms with Gasteiger partial charge in [0.2, 0.25) is 0 Å². The van der Waals surface area contributed by atoms with Gasteiger partial charge in [-0.25, -0.2) is 0 Å². The third kappa shape index (κ3) is 2.47. The Balaban J connectivity index is 2.01. The summed E-state index contributed by atoms with van der Waals surface area (Å²) in [6.45, 7) is 5.44. The summed E-state index contributed by atoms with van der Waals surface area (Å²) in [6.07, 6.45) is 2.56. The third-order valence-electron chi connectivity index (χ3n) is 4.34. The van der Waals surface area contributed by atoms with Crippen LogP contribution in [0.4, 0.5) is 0 Å². The van der Waals surface area contributed by atoms with Crippen LogP contribution in [0, 0.1) is 6.92 Å². The molecule has 0 bridgehead atoms. The summed E-state index contributed by atoms with van der Waals surface area (Å²) in [5.41, 5.74) is 3.24. The number of nitrogens with one attached hydrogen (secondary N) is 1. The standard InChI is InChI=1S/C17H20BrNS/c1-3-19-16(14-11-15(18)20-12(14)2)17(9-10-17)13-7-5-4-6-8-13/h4-8,11,16,19H,3,9-10H2,1-2H3. The van der Waals surface area contributed by atoms with Gasteiger partial charge >= 0.3 is 0 Å². The van der Waals surface area contributed by atoms with Crippen molar-refractivity contribution in [3.8, 4) is 0 Å². The Hall–Kier alpha value is -0.640. The van der Waals surface area contributed by atoms with Crippen LogP contribution in [0.3, 0.4) is 0 Å². The molecule has 1 aromatic heterocycles. The smallest absolute Gasteiger partial charge is 0.0704 e. The largest absolute Gasteiger partial charge is 0.309 e. The van der Waals surface area contributed by atoms with Gasteiger partial charge < -0.3 is 5.32 Å². The maximum absolute atomic E-state index is 3.74. The van der Waals surface area contributed by atoms with Crippen LogP contribution in [0.2, 0.25) is 0 Å². The molecule has 1 heterocycles. The highest BCUT2D eigenvalue weighted by Gasteiger charge is 2.51. The molecular weight excluding hydrogens is 330 g/mol. The molecule has 0 aliphatic heterocycles. The van der Waals surface area contributed by atoms with Crippen molar-refractivity contribution in [2.24, 2.45) is 0 Å². The first-order valence-corrected chi connectivity index (χ1v) is 8.83. The second-order valence-electron chi connectivity index (χ2n) is 5.57. The molecule has 106 valence electrons. The van der Waals surface area contributed by atoms with Crippen molar-refractivity contribution in [1.82, 2.24) is 5.32 Å². The minimum Gasteiger partial charge on any atom is -0.309 e. The summed E-state index contributed by atoms with van der Waals surface area (Å²) >= 11 is 5.48. The average molecular weight is 350 g/mol. The number of hydrogen-bond acceptors (Lipinski definition) is 2. The van der Waals surface area contributed by atoms with E-state index in [1.807, 2.05) is 11.3 Å². The molecule has 1 N–H and O–H groups in total. The Labute approximate surface area is 133 Å². The second kappa shape index (κ2) is 5.63. The van der Waals surface area contributed by atoms with Crippen LogP contribution < -0.4 is 5.32 Å². The average Bonchev–Trinajstić information content (AvgIpc) is 3.18. The van der Waals surface area contributed by atoms with E-state index in [4.69, 9.17) is 0 Å². The topological polar surface area (TPSA) is 12.0 Å². The van der Waals surface area contributed by atoms with Gasteiger partial charge in [-0.05, 0) is 59.4 Å². The zero-order chi connectivity index (χ0) is 14.2. The predicted molar refractivity (Wildman–Crippen MR) is 90.5 cm³/mol. The summed E-state index contributed by atoms with van der Waals surface area (Å²) in [5.74, 6) is 0. The first-order chi connectivity index (χ1) is 9.67. The molecule has 0 saturated heterocycles. The molecule has 2 aromatic rings. The molecule has 1 unspecified atom stereocenters. The van der Waals surface area contributed by atoms with Crippen molar-refractivity contribution in [2.75, 3.05) is 6.54 Å². The molecule has 0 amide bonds. The maximum Gasteiger partial charge on any atom is 0.0704 e. The Morgan fingerprint density at radius 1 is 1.30 bits per heavy atom. The van der Waals surface area contributed by atoms with Crippen molar-refractivity contribution in [3.05, 3.63) is 56.2 Å². The molecular formula is C17H20BrNS. The van der Waals surface area contributed by atoms with Gasteiger partial charge in [-0.3, -0.25) is 0 Å². The van der Waals surface area contributed by atoms with Crippen LogP contribution in [0.25, 0.3) is 0 Å². The number of aryl methyl sites for hydroxylation is 1. The van der Waals surface area contributed by atoms with Crippen LogP contribution >= 0.6 is 27.3 Å². The fourth-order valence-electron chi connectivity index (χ4n) is 3.20. The van der Waals surface area contributed by atoms with Gasteiger partial charge in [-0.15, -0.1) is 11.3 Å². The zero-order valence-corrected chi connectivity index (χ0v) is 14.4. The first kappa shape index (κ1) is 14.3. The Bertz CT molecular complexity index is 586. The molecule has 1 aromatic carbocycles. The molecule has 0 spiro atoms. The van der Waals surface area contributed by atoms with E-state index >= 15 is 0 Å². The number of rotatable bonds is 5. The number of benzene rings is 1. The maximum atomic E-state index is 3.74. The summed E-state index contributed by atoms with van der Waals surface area (Å²) in [5, 5.41) is 3.74. The van der Waals surface area contributed by atoms with Crippen molar-refractivity contribution >= 4 is 27.3 Å². The highest BCUT2D eigenvalue weighted by Crippen LogP contribution is 2.57. The predicted octanol–water partition coefficient (Wildman–Crippen LogP) is 5.20. The van der Waals surface area contributed by atoms with Gasteiger partial charge in [0.05, 0.1) is 3.79 Å². The fourth-order valence-corrected chi connectivity index (χ4v) is 4.95. The van der Waals surface area contributed by atoms with E-state index in [-0.39, 0.29) is 0 Å². The first-order valence-electron chi connectivity index (χ1n) is 7.22. The molecule has 20 heavy (non-hydrogen) atoms. The summed E-state index contributed by atoms with van der Waals surface area (Å²) in [6, 6.07) is 13.7. The fraction of sp³-hybridized carbons (Fsp3) is 0.412. The van der Waals surface area contributed by atoms with Gasteiger partial charge in [-0.1, -0.05) is 37.3 Å². The molecule has 3 heteroatoms. The minimum absolute atomic E-state index is 0.294. The van der Waals surface area contributed by atoms with Crippen LogP contribution in [0.15, 0.2) is 40.2 Å². The van der Waals surface area contributed by atoms with E-state index in [0.29, 0.717) is 11.5 Å². The number of hydrogen-bond donors (Lipinski definition) is 1. The number of halogens is 1. The minimum atomic E-state index is 0.294. The van der Waals surface area contributed by atoms with E-state index < -0.39 is 0 Å². The normalized spacial score (nSPS) is 17.9. The summed E-state index contributed by atoms with van der Waals surface area (Å²) in [4.78, 5) is 1.42. The Kier molecular flexibility index (Phi) is 4.02. The number of likely N-dealkylation sites (N-methyl/N-ethyl adjacent to an activating group) is 1. The number of thiophene rings is 1. The lowest BCUT2D eigenvalue weighted by atomic mass is 9.84. The molecule has 3 rings (SSSR count). The van der Waals surface area contributed by atoms with Crippen LogP contribution in [0.1, 0.15) is 41.8 Å². The Morgan fingerprint density at radius 3 is 2.50 bits per heavy atom. The molecule has 1 aliphatic carbocycles. The Morgan fingerprint density at radius 2 is 2.00 bits per heavy atom. The van der Waals surface area contributed by atoms with E-state index in [2.05, 4.69) is 71.5 Å². The highest BCUT2D eigenvalue weighted by atomic mass is 79.9. The summed E-state index contributed by atoms with van der Waals surface area (Å²) in [7, 11) is 0. The molecule has 1 nitrogen and oxygen atoms in total. The monoisotopic (exact) mass is 349 g/mol. The van der Waals surface area contributed by atoms with Gasteiger partial charge in [0.1, 0.15) is 0 Å². The quantitative estimate of drug-likeness (QED) is 0.781. The van der Waals surface area contributed by atoms with Gasteiger partial charge in [-0.2, -0.15) is 0 Å². The van der Waals surface area contributed by atoms with E-state index in [0.717, 1.165) is 6.54 Å². The van der Waals surface area contributed by atoms with Crippen LogP contribution in [-0.4, -0.2) is 6.54 Å². The summed E-state index contributed by atoms with van der Waals surface area (Å²) < 4.78 is 1.23. The SMILES string of the molecule is CCNC(c1cc(Br)sc1C)C1(c2ccccc2)CC1. The van der Waals surface area contributed by atoms with Crippen LogP contribution in [0.5, 0.6) is 0 Å². The molecule has 1 atom stereocenters. The van der Waals surface area contributed by atoms with E-state index in [9.17, 15) is 0 Å². The van der Waals surface area contributed by atoms with Crippen molar-refractivity contribution < 1.29 is 0 Å². The molecule has 1 saturated carbocycles. The molecule has 0 radical (unpaired) electrons. The van der Waals surface area contributed by atoms with Gasteiger partial charge in [0.25, 0.3) is 0 Å². The molecule has 1 fully saturated rings. The molecule has 1 aliphatic rings.